The van der Waals surface area contributed by atoms with Crippen LogP contribution in [0.4, 0.5) is 14.5 Å². The largest absolute Gasteiger partial charge is 0.438 e. The number of aromatic amines is 1. The Labute approximate surface area is 378 Å². The number of aryl methyl sites for hydroxylation is 2. The molecule has 1 amide bonds. The van der Waals surface area contributed by atoms with Crippen LogP contribution in [0.5, 0.6) is 0 Å². The van der Waals surface area contributed by atoms with Crippen LogP contribution in [0.1, 0.15) is 97.7 Å². The van der Waals surface area contributed by atoms with Crippen molar-refractivity contribution in [1.29, 1.82) is 4.78 Å². The molecule has 0 spiro atoms. The molecule has 0 radical (unpaired) electrons. The van der Waals surface area contributed by atoms with Gasteiger partial charge in [0.2, 0.25) is 0 Å². The van der Waals surface area contributed by atoms with E-state index in [1.165, 1.54) is 29.1 Å². The standard InChI is InChI=1S/C48H51F2N9O6S/c1-26-20-33(21-27(2)42(26)50)53-43(58-17-16-57(47(58)62)39-11-9-35(24-36(39)49)66(52,63)34-6-5-7-34)41-29(4)56(15-12-37(41)51)44(60)40-23-32-22-31(30-13-18-64-19-14-30)8-10-38(32)59(40)48(25-28(48)3)45-54-46(61)65-55-45/h8-11,16-17,20-24,28-30,34,52H,5-7,12-15,18-19,25,51H2,1-4H3,(H,54,55,61)/t28-,29-,48-,66?/m0/s1. The molecule has 4 N–H and O–H groups in total. The van der Waals surface area contributed by atoms with E-state index < -0.39 is 44.4 Å². The number of aliphatic imine (C=N–C) groups is 1. The lowest BCUT2D eigenvalue weighted by Gasteiger charge is -2.37. The Hall–Kier alpha value is -6.40. The van der Waals surface area contributed by atoms with Crippen LogP contribution in [-0.4, -0.2) is 75.7 Å². The number of H-pyrrole nitrogens is 1. The van der Waals surface area contributed by atoms with Crippen LogP contribution in [0.25, 0.3) is 16.6 Å². The van der Waals surface area contributed by atoms with Crippen molar-refractivity contribution in [2.75, 3.05) is 19.8 Å². The van der Waals surface area contributed by atoms with Crippen LogP contribution in [0.3, 0.4) is 0 Å². The topological polar surface area (TPSA) is 200 Å². The summed E-state index contributed by atoms with van der Waals surface area (Å²) in [6.07, 6.45) is 7.49. The van der Waals surface area contributed by atoms with Crippen LogP contribution in [-0.2, 0) is 20.0 Å². The minimum atomic E-state index is -3.24. The summed E-state index contributed by atoms with van der Waals surface area (Å²) < 4.78 is 67.8. The van der Waals surface area contributed by atoms with Crippen molar-refractivity contribution in [2.45, 2.75) is 100 Å². The van der Waals surface area contributed by atoms with Crippen molar-refractivity contribution in [3.05, 3.63) is 139 Å². The van der Waals surface area contributed by atoms with Crippen molar-refractivity contribution < 1.29 is 27.0 Å². The first kappa shape index (κ1) is 43.5. The molecule has 3 aromatic carbocycles. The van der Waals surface area contributed by atoms with Gasteiger partial charge in [-0.15, -0.1) is 0 Å². The van der Waals surface area contributed by atoms with Gasteiger partial charge in [-0.25, -0.2) is 32.4 Å². The van der Waals surface area contributed by atoms with E-state index in [2.05, 4.69) is 22.3 Å². The highest BCUT2D eigenvalue weighted by Gasteiger charge is 2.59. The van der Waals surface area contributed by atoms with Gasteiger partial charge in [0.15, 0.2) is 5.82 Å². The fourth-order valence-electron chi connectivity index (χ4n) is 10.3. The lowest BCUT2D eigenvalue weighted by Crippen LogP contribution is -2.49. The maximum absolute atomic E-state index is 16.0. The number of carbonyl (C=O) groups excluding carboxylic acids is 1. The number of ether oxygens (including phenoxy) is 1. The van der Waals surface area contributed by atoms with Crippen LogP contribution in [0, 0.1) is 36.2 Å². The van der Waals surface area contributed by atoms with Crippen molar-refractivity contribution in [3.8, 4) is 5.69 Å². The van der Waals surface area contributed by atoms with E-state index in [0.717, 1.165) is 46.4 Å². The van der Waals surface area contributed by atoms with Gasteiger partial charge in [0, 0.05) is 66.0 Å². The summed E-state index contributed by atoms with van der Waals surface area (Å²) in [6, 6.07) is 14.3. The van der Waals surface area contributed by atoms with Gasteiger partial charge in [0.25, 0.3) is 5.91 Å². The van der Waals surface area contributed by atoms with Crippen LogP contribution in [0.15, 0.2) is 102 Å². The number of aromatic nitrogens is 5. The summed E-state index contributed by atoms with van der Waals surface area (Å²) in [7, 11) is -3.24. The molecule has 66 heavy (non-hydrogen) atoms. The Balaban J connectivity index is 1.08. The third-order valence-electron chi connectivity index (χ3n) is 14.3. The molecule has 0 bridgehead atoms. The Morgan fingerprint density at radius 3 is 2.36 bits per heavy atom. The SMILES string of the molecule is Cc1cc(N=C(C2=C(N)CCN(C(=O)c3cc4cc(C5CCOCC5)ccc4n3[C@@]3(c4noc(=O)[nH]4)C[C@@H]3C)[C@H]2C)n2ccn(-c3ccc(S(=N)(=O)C4CCC4)cc3F)c2=O)cc(C)c1F. The molecule has 2 saturated carbocycles. The molecule has 6 aromatic rings. The highest BCUT2D eigenvalue weighted by Crippen LogP contribution is 2.56. The molecule has 18 heteroatoms. The molecule has 5 heterocycles. The normalized spacial score (nSPS) is 22.8. The maximum Gasteiger partial charge on any atom is 0.438 e. The lowest BCUT2D eigenvalue weighted by molar-refractivity contribution is 0.0697. The van der Waals surface area contributed by atoms with Crippen LogP contribution in [0.2, 0.25) is 0 Å². The van der Waals surface area contributed by atoms with E-state index in [4.69, 9.17) is 24.8 Å². The van der Waals surface area contributed by atoms with Crippen molar-refractivity contribution >= 4 is 38.1 Å². The molecule has 3 fully saturated rings. The molecule has 15 nitrogen and oxygen atoms in total. The molecule has 1 saturated heterocycles. The third-order valence-corrected chi connectivity index (χ3v) is 16.7. The van der Waals surface area contributed by atoms with Crippen LogP contribution >= 0.6 is 0 Å². The Bertz CT molecular complexity index is 3240. The summed E-state index contributed by atoms with van der Waals surface area (Å²) >= 11 is 0. The number of nitrogens with two attached hydrogens (primary N) is 1. The minimum absolute atomic E-state index is 0.0300. The predicted molar refractivity (Wildman–Crippen MR) is 244 cm³/mol. The lowest BCUT2D eigenvalue weighted by atomic mass is 9.91. The van der Waals surface area contributed by atoms with Gasteiger partial charge in [0.05, 0.1) is 32.0 Å². The second-order valence-electron chi connectivity index (χ2n) is 18.3. The number of carbonyl (C=O) groups is 1. The maximum atomic E-state index is 16.0. The highest BCUT2D eigenvalue weighted by molar-refractivity contribution is 7.93. The van der Waals surface area contributed by atoms with Gasteiger partial charge in [-0.3, -0.25) is 23.4 Å². The molecule has 2 aliphatic heterocycles. The van der Waals surface area contributed by atoms with Crippen LogP contribution < -0.4 is 17.2 Å². The molecule has 4 atom stereocenters. The molecule has 4 aliphatic rings. The molecule has 10 rings (SSSR count). The number of imidazole rings is 1. The minimum Gasteiger partial charge on any atom is -0.402 e. The van der Waals surface area contributed by atoms with E-state index in [9.17, 15) is 18.2 Å². The molecular formula is C48H51F2N9O6S. The zero-order valence-electron chi connectivity index (χ0n) is 37.1. The average Bonchev–Trinajstić information content (AvgIpc) is 3.58. The van der Waals surface area contributed by atoms with Crippen molar-refractivity contribution in [2.24, 2.45) is 16.6 Å². The van der Waals surface area contributed by atoms with Crippen molar-refractivity contribution in [3.63, 3.8) is 0 Å². The third kappa shape index (κ3) is 7.07. The smallest absolute Gasteiger partial charge is 0.402 e. The van der Waals surface area contributed by atoms with E-state index >= 15 is 9.18 Å². The Morgan fingerprint density at radius 2 is 1.73 bits per heavy atom. The van der Waals surface area contributed by atoms with Gasteiger partial charge in [0.1, 0.15) is 28.7 Å². The predicted octanol–water partition coefficient (Wildman–Crippen LogP) is 7.53. The summed E-state index contributed by atoms with van der Waals surface area (Å²) in [6.45, 7) is 8.61. The second kappa shape index (κ2) is 16.2. The van der Waals surface area contributed by atoms with Gasteiger partial charge in [-0.2, -0.15) is 0 Å². The number of benzene rings is 3. The number of nitrogens with zero attached hydrogens (tertiary/aromatic N) is 6. The summed E-state index contributed by atoms with van der Waals surface area (Å²) in [4.78, 5) is 51.9. The molecule has 3 aromatic heterocycles. The van der Waals surface area contributed by atoms with Gasteiger partial charge in [-0.1, -0.05) is 24.6 Å². The molecule has 1 unspecified atom stereocenters. The Morgan fingerprint density at radius 1 is 1.00 bits per heavy atom. The summed E-state index contributed by atoms with van der Waals surface area (Å²) in [5.74, 6) is -1.64. The number of fused-ring (bicyclic) bond motifs is 1. The number of amides is 1. The van der Waals surface area contributed by atoms with Gasteiger partial charge >= 0.3 is 11.4 Å². The fraction of sp³-hybridized carbons (Fsp3) is 0.396. The first-order chi connectivity index (χ1) is 31.6. The number of nitrogens with one attached hydrogen (secondary N) is 2. The highest BCUT2D eigenvalue weighted by atomic mass is 32.2. The van der Waals surface area contributed by atoms with Crippen molar-refractivity contribution in [1.82, 2.24) is 28.7 Å². The molecular weight excluding hydrogens is 869 g/mol. The first-order valence-corrected chi connectivity index (χ1v) is 24.0. The zero-order chi connectivity index (χ0) is 46.4. The van der Waals surface area contributed by atoms with E-state index in [-0.39, 0.29) is 46.5 Å². The number of halogens is 2. The second-order valence-corrected chi connectivity index (χ2v) is 20.7. The average molecular weight is 920 g/mol. The summed E-state index contributed by atoms with van der Waals surface area (Å²) in [5, 5.41) is 4.64. The number of rotatable bonds is 9. The van der Waals surface area contributed by atoms with E-state index in [1.807, 2.05) is 23.6 Å². The molecule has 344 valence electrons. The quantitative estimate of drug-likeness (QED) is 0.0977. The monoisotopic (exact) mass is 919 g/mol. The first-order valence-electron chi connectivity index (χ1n) is 22.4. The van der Waals surface area contributed by atoms with Gasteiger partial charge in [-0.05, 0) is 130 Å². The fourth-order valence-corrected chi connectivity index (χ4v) is 12.2. The zero-order valence-corrected chi connectivity index (χ0v) is 37.9. The van der Waals surface area contributed by atoms with E-state index in [1.54, 1.807) is 37.8 Å². The summed E-state index contributed by atoms with van der Waals surface area (Å²) in [5.41, 5.74) is 9.15. The number of hydrogen-bond acceptors (Lipinski definition) is 10. The van der Waals surface area contributed by atoms with Gasteiger partial charge < -0.3 is 19.9 Å². The Kier molecular flexibility index (Phi) is 10.7. The van der Waals surface area contributed by atoms with E-state index in [0.29, 0.717) is 78.0 Å². The number of hydrogen-bond donors (Lipinski definition) is 3. The molecule has 2 aliphatic carbocycles.